The molecule has 1 saturated carbocycles. The number of hydrogen-bond acceptors (Lipinski definition) is 2. The first-order valence-electron chi connectivity index (χ1n) is 8.29. The summed E-state index contributed by atoms with van der Waals surface area (Å²) in [4.78, 5) is 0. The Balaban J connectivity index is 2.07. The van der Waals surface area contributed by atoms with Crippen LogP contribution in [0.5, 0.6) is 5.75 Å². The summed E-state index contributed by atoms with van der Waals surface area (Å²) >= 11 is 0. The number of rotatable bonds is 4. The van der Waals surface area contributed by atoms with Crippen LogP contribution in [-0.4, -0.2) is 12.1 Å². The van der Waals surface area contributed by atoms with Crippen molar-refractivity contribution in [1.29, 1.82) is 0 Å². The van der Waals surface area contributed by atoms with Crippen molar-refractivity contribution in [2.45, 2.75) is 77.9 Å². The van der Waals surface area contributed by atoms with Gasteiger partial charge >= 0.3 is 0 Å². The van der Waals surface area contributed by atoms with E-state index >= 15 is 0 Å². The molecule has 118 valence electrons. The normalized spacial score (nSPS) is 25.6. The Hall–Kier alpha value is -1.02. The lowest BCUT2D eigenvalue weighted by atomic mass is 9.72. The Morgan fingerprint density at radius 3 is 2.43 bits per heavy atom. The Morgan fingerprint density at radius 2 is 1.86 bits per heavy atom. The van der Waals surface area contributed by atoms with Gasteiger partial charge in [-0.1, -0.05) is 46.8 Å². The van der Waals surface area contributed by atoms with Crippen LogP contribution < -0.4 is 10.5 Å². The van der Waals surface area contributed by atoms with E-state index in [1.807, 2.05) is 0 Å². The molecule has 2 rings (SSSR count). The van der Waals surface area contributed by atoms with E-state index in [1.165, 1.54) is 18.4 Å². The molecule has 1 aliphatic carbocycles. The van der Waals surface area contributed by atoms with Crippen molar-refractivity contribution >= 4 is 0 Å². The molecule has 0 bridgehead atoms. The molecule has 1 fully saturated rings. The van der Waals surface area contributed by atoms with Crippen molar-refractivity contribution in [3.05, 3.63) is 29.8 Å². The summed E-state index contributed by atoms with van der Waals surface area (Å²) in [7, 11) is 0. The Bertz CT molecular complexity index is 461. The fraction of sp³-hybridized carbons (Fsp3) is 0.684. The molecule has 0 saturated heterocycles. The molecule has 0 radical (unpaired) electrons. The van der Waals surface area contributed by atoms with Gasteiger partial charge in [-0.25, -0.2) is 0 Å². The van der Waals surface area contributed by atoms with Crippen molar-refractivity contribution in [3.8, 4) is 5.75 Å². The first-order valence-corrected chi connectivity index (χ1v) is 8.29. The monoisotopic (exact) mass is 289 g/mol. The van der Waals surface area contributed by atoms with Gasteiger partial charge in [0.25, 0.3) is 0 Å². The van der Waals surface area contributed by atoms with E-state index < -0.39 is 0 Å². The summed E-state index contributed by atoms with van der Waals surface area (Å²) in [5.74, 6) is 0.948. The van der Waals surface area contributed by atoms with E-state index in [4.69, 9.17) is 10.5 Å². The second-order valence-corrected chi connectivity index (χ2v) is 7.82. The average Bonchev–Trinajstić information content (AvgIpc) is 2.44. The first-order chi connectivity index (χ1) is 9.76. The zero-order valence-corrected chi connectivity index (χ0v) is 14.3. The minimum absolute atomic E-state index is 0.109. The summed E-state index contributed by atoms with van der Waals surface area (Å²) in [6.45, 7) is 11.3. The molecule has 0 aromatic heterocycles. The minimum atomic E-state index is 0.109. The van der Waals surface area contributed by atoms with Gasteiger partial charge in [-0.2, -0.15) is 0 Å². The van der Waals surface area contributed by atoms with E-state index in [2.05, 4.69) is 58.9 Å². The summed E-state index contributed by atoms with van der Waals surface area (Å²) in [6, 6.07) is 8.69. The van der Waals surface area contributed by atoms with Gasteiger partial charge in [0.05, 0.1) is 0 Å². The van der Waals surface area contributed by atoms with E-state index in [1.54, 1.807) is 0 Å². The summed E-state index contributed by atoms with van der Waals surface area (Å²) < 4.78 is 6.18. The lowest BCUT2D eigenvalue weighted by Gasteiger charge is -2.41. The minimum Gasteiger partial charge on any atom is -0.489 e. The van der Waals surface area contributed by atoms with Crippen LogP contribution in [-0.2, 0) is 5.41 Å². The van der Waals surface area contributed by atoms with Crippen LogP contribution in [0.15, 0.2) is 24.3 Å². The van der Waals surface area contributed by atoms with Gasteiger partial charge in [0.15, 0.2) is 0 Å². The van der Waals surface area contributed by atoms with Gasteiger partial charge in [-0.3, -0.25) is 0 Å². The predicted molar refractivity (Wildman–Crippen MR) is 89.8 cm³/mol. The first kappa shape index (κ1) is 16.4. The van der Waals surface area contributed by atoms with Gasteiger partial charge in [0.2, 0.25) is 0 Å². The van der Waals surface area contributed by atoms with E-state index in [9.17, 15) is 0 Å². The van der Waals surface area contributed by atoms with E-state index in [0.29, 0.717) is 0 Å². The van der Waals surface area contributed by atoms with E-state index in [-0.39, 0.29) is 23.0 Å². The maximum absolute atomic E-state index is 6.40. The molecule has 0 heterocycles. The maximum Gasteiger partial charge on any atom is 0.119 e. The Labute approximate surface area is 130 Å². The molecule has 1 aromatic rings. The molecule has 1 aromatic carbocycles. The molecule has 2 heteroatoms. The standard InChI is InChI=1S/C19H31NO/c1-6-18(2,3)14-9-11-15(12-10-14)21-16-8-7-13-19(4,5)17(16)20/h9-12,16-17H,6-8,13,20H2,1-5H3. The fourth-order valence-corrected chi connectivity index (χ4v) is 3.10. The van der Waals surface area contributed by atoms with Gasteiger partial charge < -0.3 is 10.5 Å². The van der Waals surface area contributed by atoms with Crippen molar-refractivity contribution in [2.24, 2.45) is 11.1 Å². The van der Waals surface area contributed by atoms with Crippen molar-refractivity contribution in [2.75, 3.05) is 0 Å². The molecule has 2 atom stereocenters. The van der Waals surface area contributed by atoms with Crippen LogP contribution in [0.4, 0.5) is 0 Å². The zero-order chi connectivity index (χ0) is 15.7. The van der Waals surface area contributed by atoms with Crippen LogP contribution in [0.25, 0.3) is 0 Å². The summed E-state index contributed by atoms with van der Waals surface area (Å²) in [5, 5.41) is 0. The van der Waals surface area contributed by atoms with Crippen LogP contribution in [0, 0.1) is 5.41 Å². The molecule has 2 nitrogen and oxygen atoms in total. The van der Waals surface area contributed by atoms with Crippen LogP contribution in [0.3, 0.4) is 0 Å². The number of benzene rings is 1. The molecular weight excluding hydrogens is 258 g/mol. The molecule has 2 unspecified atom stereocenters. The highest BCUT2D eigenvalue weighted by molar-refractivity contribution is 5.31. The van der Waals surface area contributed by atoms with Crippen molar-refractivity contribution in [3.63, 3.8) is 0 Å². The van der Waals surface area contributed by atoms with Gasteiger partial charge in [-0.05, 0) is 54.2 Å². The molecule has 21 heavy (non-hydrogen) atoms. The quantitative estimate of drug-likeness (QED) is 0.875. The smallest absolute Gasteiger partial charge is 0.119 e. The van der Waals surface area contributed by atoms with Crippen molar-refractivity contribution < 1.29 is 4.74 Å². The average molecular weight is 289 g/mol. The zero-order valence-electron chi connectivity index (χ0n) is 14.3. The lowest BCUT2D eigenvalue weighted by Crippen LogP contribution is -2.51. The van der Waals surface area contributed by atoms with Gasteiger partial charge in [-0.15, -0.1) is 0 Å². The van der Waals surface area contributed by atoms with Crippen molar-refractivity contribution in [1.82, 2.24) is 0 Å². The number of ether oxygens (including phenoxy) is 1. The predicted octanol–water partition coefficient (Wildman–Crippen LogP) is 4.66. The fourth-order valence-electron chi connectivity index (χ4n) is 3.10. The second kappa shape index (κ2) is 6.00. The molecule has 0 aliphatic heterocycles. The second-order valence-electron chi connectivity index (χ2n) is 7.82. The third-order valence-electron chi connectivity index (χ3n) is 5.42. The molecule has 1 aliphatic rings. The lowest BCUT2D eigenvalue weighted by molar-refractivity contribution is 0.0567. The molecule has 0 amide bonds. The van der Waals surface area contributed by atoms with Gasteiger partial charge in [0, 0.05) is 6.04 Å². The third kappa shape index (κ3) is 3.60. The largest absolute Gasteiger partial charge is 0.489 e. The molecule has 2 N–H and O–H groups in total. The number of hydrogen-bond donors (Lipinski definition) is 1. The van der Waals surface area contributed by atoms with Crippen LogP contribution >= 0.6 is 0 Å². The highest BCUT2D eigenvalue weighted by atomic mass is 16.5. The SMILES string of the molecule is CCC(C)(C)c1ccc(OC2CCCC(C)(C)C2N)cc1. The molecule has 0 spiro atoms. The maximum atomic E-state index is 6.40. The summed E-state index contributed by atoms with van der Waals surface area (Å²) in [6.07, 6.45) is 4.73. The summed E-state index contributed by atoms with van der Waals surface area (Å²) in [5.41, 5.74) is 8.16. The Morgan fingerprint density at radius 1 is 1.24 bits per heavy atom. The van der Waals surface area contributed by atoms with E-state index in [0.717, 1.165) is 18.6 Å². The van der Waals surface area contributed by atoms with Crippen LogP contribution in [0.1, 0.15) is 65.9 Å². The topological polar surface area (TPSA) is 35.2 Å². The molecular formula is C19H31NO. The number of nitrogens with two attached hydrogens (primary N) is 1. The Kier molecular flexibility index (Phi) is 4.67. The third-order valence-corrected chi connectivity index (χ3v) is 5.42. The van der Waals surface area contributed by atoms with Gasteiger partial charge in [0.1, 0.15) is 11.9 Å². The highest BCUT2D eigenvalue weighted by Gasteiger charge is 2.37. The van der Waals surface area contributed by atoms with Crippen LogP contribution in [0.2, 0.25) is 0 Å². The highest BCUT2D eigenvalue weighted by Crippen LogP contribution is 2.36.